The van der Waals surface area contributed by atoms with E-state index < -0.39 is 0 Å². The molecule has 4 aliphatic rings. The predicted octanol–water partition coefficient (Wildman–Crippen LogP) is 6.11. The van der Waals surface area contributed by atoms with Gasteiger partial charge >= 0.3 is 0 Å². The van der Waals surface area contributed by atoms with Gasteiger partial charge in [-0.2, -0.15) is 0 Å². The zero-order chi connectivity index (χ0) is 16.5. The summed E-state index contributed by atoms with van der Waals surface area (Å²) < 4.78 is 0. The van der Waals surface area contributed by atoms with Crippen LogP contribution in [0.1, 0.15) is 90.4 Å². The third kappa shape index (κ3) is 5.42. The van der Waals surface area contributed by atoms with Gasteiger partial charge in [-0.25, -0.2) is 0 Å². The average molecular weight is 419 g/mol. The van der Waals surface area contributed by atoms with Crippen molar-refractivity contribution in [2.75, 3.05) is 0 Å². The number of hydrogen-bond acceptors (Lipinski definition) is 1. The first-order valence-corrected chi connectivity index (χ1v) is 11.1. The first kappa shape index (κ1) is 20.5. The van der Waals surface area contributed by atoms with Gasteiger partial charge in [-0.1, -0.05) is 44.3 Å². The Morgan fingerprint density at radius 2 is 1.56 bits per heavy atom. The number of aliphatic hydroxyl groups excluding tert-OH is 1. The molecule has 4 rings (SSSR count). The molecule has 3 saturated carbocycles. The van der Waals surface area contributed by atoms with E-state index in [-0.39, 0.29) is 38.8 Å². The van der Waals surface area contributed by atoms with Gasteiger partial charge in [0, 0.05) is 38.6 Å². The summed E-state index contributed by atoms with van der Waals surface area (Å²) in [5.74, 6) is 5.37. The van der Waals surface area contributed by atoms with Crippen molar-refractivity contribution in [2.45, 2.75) is 96.5 Å². The number of aliphatic hydroxyl groups is 1. The van der Waals surface area contributed by atoms with E-state index in [9.17, 15) is 5.11 Å². The van der Waals surface area contributed by atoms with Gasteiger partial charge in [-0.05, 0) is 87.4 Å². The van der Waals surface area contributed by atoms with Crippen LogP contribution in [-0.4, -0.2) is 11.2 Å². The number of hydrogen-bond donors (Lipinski definition) is 1. The Balaban J connectivity index is 0.00000182. The molecule has 4 unspecified atom stereocenters. The summed E-state index contributed by atoms with van der Waals surface area (Å²) in [5, 5.41) is 10.5. The van der Waals surface area contributed by atoms with E-state index in [0.717, 1.165) is 36.0 Å². The molecular weight excluding hydrogens is 381 g/mol. The van der Waals surface area contributed by atoms with Crippen LogP contribution in [0.4, 0.5) is 0 Å². The van der Waals surface area contributed by atoms with Crippen molar-refractivity contribution in [2.24, 2.45) is 35.5 Å². The summed E-state index contributed by atoms with van der Waals surface area (Å²) in [6.07, 6.45) is 20.7. The molecule has 1 N–H and O–H groups in total. The molecule has 0 amide bonds. The van der Waals surface area contributed by atoms with E-state index in [4.69, 9.17) is 0 Å². The van der Waals surface area contributed by atoms with Gasteiger partial charge in [0.15, 0.2) is 0 Å². The Bertz CT molecular complexity index is 447. The maximum Gasteiger partial charge on any atom is 0.0608 e. The second-order valence-corrected chi connectivity index (χ2v) is 9.87. The largest absolute Gasteiger partial charge is 0.392 e. The Morgan fingerprint density at radius 3 is 2.12 bits per heavy atom. The fourth-order valence-electron chi connectivity index (χ4n) is 6.14. The van der Waals surface area contributed by atoms with Crippen molar-refractivity contribution in [3.63, 3.8) is 0 Å². The minimum Gasteiger partial charge on any atom is -0.392 e. The fraction of sp³-hybridized carbons (Fsp3) is 0.913. The Morgan fingerprint density at radius 1 is 0.880 bits per heavy atom. The average Bonchev–Trinajstić information content (AvgIpc) is 3.40. The number of rotatable bonds is 4. The molecular formula is C23H38OY. The molecule has 0 heterocycles. The molecule has 139 valence electrons. The zero-order valence-electron chi connectivity index (χ0n) is 16.3. The van der Waals surface area contributed by atoms with Gasteiger partial charge in [-0.15, -0.1) is 0 Å². The van der Waals surface area contributed by atoms with Crippen LogP contribution >= 0.6 is 0 Å². The van der Waals surface area contributed by atoms with Crippen molar-refractivity contribution in [1.82, 2.24) is 0 Å². The quantitative estimate of drug-likeness (QED) is 0.545. The molecule has 1 nitrogen and oxygen atoms in total. The number of allylic oxidation sites excluding steroid dienone is 1. The summed E-state index contributed by atoms with van der Waals surface area (Å²) >= 11 is 0. The molecule has 0 aromatic rings. The van der Waals surface area contributed by atoms with Crippen LogP contribution < -0.4 is 0 Å². The molecule has 4 aliphatic carbocycles. The van der Waals surface area contributed by atoms with E-state index in [1.165, 1.54) is 70.6 Å². The van der Waals surface area contributed by atoms with Gasteiger partial charge in [-0.3, -0.25) is 0 Å². The monoisotopic (exact) mass is 419 g/mol. The van der Waals surface area contributed by atoms with Crippen LogP contribution in [-0.2, 0) is 32.7 Å². The van der Waals surface area contributed by atoms with E-state index in [2.05, 4.69) is 13.0 Å². The molecule has 1 radical (unpaired) electrons. The van der Waals surface area contributed by atoms with Crippen LogP contribution in [0.25, 0.3) is 0 Å². The van der Waals surface area contributed by atoms with E-state index in [0.29, 0.717) is 5.92 Å². The Hall–Kier alpha value is 0.804. The molecule has 0 bridgehead atoms. The van der Waals surface area contributed by atoms with Crippen LogP contribution in [0.3, 0.4) is 0 Å². The molecule has 3 fully saturated rings. The normalized spacial score (nSPS) is 42.4. The minimum atomic E-state index is -0.0607. The maximum absolute atomic E-state index is 10.5. The SMILES string of the molecule is CC1CCC(C2=CCC(C3CCC(CC4CC4)CC3)CC2)C(O)C1.[Y]. The summed E-state index contributed by atoms with van der Waals surface area (Å²) in [6, 6.07) is 0. The molecule has 0 aromatic heterocycles. The Labute approximate surface area is 180 Å². The molecule has 0 aromatic carbocycles. The molecule has 4 atom stereocenters. The van der Waals surface area contributed by atoms with Crippen LogP contribution in [0.5, 0.6) is 0 Å². The van der Waals surface area contributed by atoms with Gasteiger partial charge in [0.05, 0.1) is 6.10 Å². The third-order valence-electron chi connectivity index (χ3n) is 7.96. The smallest absolute Gasteiger partial charge is 0.0608 e. The molecule has 0 aliphatic heterocycles. The van der Waals surface area contributed by atoms with Crippen molar-refractivity contribution in [3.05, 3.63) is 11.6 Å². The summed E-state index contributed by atoms with van der Waals surface area (Å²) in [5.41, 5.74) is 1.62. The summed E-state index contributed by atoms with van der Waals surface area (Å²) in [7, 11) is 0. The second kappa shape index (κ2) is 9.33. The van der Waals surface area contributed by atoms with Crippen LogP contribution in [0.15, 0.2) is 11.6 Å². The fourth-order valence-corrected chi connectivity index (χ4v) is 6.14. The minimum absolute atomic E-state index is 0. The first-order chi connectivity index (χ1) is 11.7. The summed E-state index contributed by atoms with van der Waals surface area (Å²) in [6.45, 7) is 2.30. The second-order valence-electron chi connectivity index (χ2n) is 9.87. The standard InChI is InChI=1S/C23H38O.Y/c1-16-2-13-22(23(24)14-16)21-11-9-20(10-12-21)19-7-5-18(6-8-19)15-17-3-4-17;/h11,16-20,22-24H,2-10,12-15H2,1H3;. The third-order valence-corrected chi connectivity index (χ3v) is 7.96. The topological polar surface area (TPSA) is 20.2 Å². The van der Waals surface area contributed by atoms with Crippen molar-refractivity contribution < 1.29 is 37.8 Å². The van der Waals surface area contributed by atoms with Gasteiger partial charge < -0.3 is 5.11 Å². The molecule has 0 spiro atoms. The molecule has 0 saturated heterocycles. The van der Waals surface area contributed by atoms with E-state index in [1.807, 2.05) is 0 Å². The van der Waals surface area contributed by atoms with Gasteiger partial charge in [0.2, 0.25) is 0 Å². The van der Waals surface area contributed by atoms with Crippen LogP contribution in [0, 0.1) is 35.5 Å². The van der Waals surface area contributed by atoms with Crippen LogP contribution in [0.2, 0.25) is 0 Å². The van der Waals surface area contributed by atoms with Crippen molar-refractivity contribution in [3.8, 4) is 0 Å². The van der Waals surface area contributed by atoms with E-state index >= 15 is 0 Å². The Kier molecular flexibility index (Phi) is 7.67. The van der Waals surface area contributed by atoms with Gasteiger partial charge in [0.25, 0.3) is 0 Å². The first-order valence-electron chi connectivity index (χ1n) is 11.1. The van der Waals surface area contributed by atoms with E-state index in [1.54, 1.807) is 12.0 Å². The maximum atomic E-state index is 10.5. The predicted molar refractivity (Wildman–Crippen MR) is 101 cm³/mol. The molecule has 2 heteroatoms. The zero-order valence-corrected chi connectivity index (χ0v) is 19.2. The summed E-state index contributed by atoms with van der Waals surface area (Å²) in [4.78, 5) is 0. The van der Waals surface area contributed by atoms with Crippen molar-refractivity contribution in [1.29, 1.82) is 0 Å². The molecule has 25 heavy (non-hydrogen) atoms. The van der Waals surface area contributed by atoms with Gasteiger partial charge in [0.1, 0.15) is 0 Å². The van der Waals surface area contributed by atoms with Crippen molar-refractivity contribution >= 4 is 0 Å².